The van der Waals surface area contributed by atoms with Gasteiger partial charge in [0.05, 0.1) is 17.5 Å². The van der Waals surface area contributed by atoms with Crippen LogP contribution in [-0.4, -0.2) is 16.1 Å². The molecule has 0 aliphatic heterocycles. The summed E-state index contributed by atoms with van der Waals surface area (Å²) in [4.78, 5) is 11.9. The number of carbonyl (C=O) groups is 1. The second-order valence-electron chi connectivity index (χ2n) is 6.18. The molecule has 0 saturated heterocycles. The van der Waals surface area contributed by atoms with Crippen LogP contribution in [0.1, 0.15) is 31.4 Å². The molecule has 5 nitrogen and oxygen atoms in total. The van der Waals surface area contributed by atoms with Crippen molar-refractivity contribution in [2.45, 2.75) is 25.9 Å². The molecule has 0 bridgehead atoms. The lowest BCUT2D eigenvalue weighted by Crippen LogP contribution is -2.10. The average Bonchev–Trinajstić information content (AvgIpc) is 2.62. The summed E-state index contributed by atoms with van der Waals surface area (Å²) >= 11 is 2.15. The molecule has 0 fully saturated rings. The van der Waals surface area contributed by atoms with Crippen LogP contribution in [0, 0.1) is 9.49 Å². The van der Waals surface area contributed by atoms with Gasteiger partial charge in [-0.1, -0.05) is 25.1 Å². The number of nitrogen functional groups attached to an aromatic ring is 1. The van der Waals surface area contributed by atoms with Crippen LogP contribution >= 0.6 is 22.6 Å². The van der Waals surface area contributed by atoms with Gasteiger partial charge in [0, 0.05) is 9.13 Å². The van der Waals surface area contributed by atoms with Crippen LogP contribution < -0.4 is 11.1 Å². The zero-order valence-electron chi connectivity index (χ0n) is 14.5. The standard InChI is InChI=1S/C20H23IN2O3/c1-13(20(26)15-12-14(21)10-11-18(15)24)6-2-5-9-19(25)23-17-8-4-3-7-16(17)22/h3-5,7-13,20,24,26H,2,6,22H2,1H3,(H,23,25)/b9-5+/t13-,20+/m1/s1. The van der Waals surface area contributed by atoms with Crippen LogP contribution in [0.25, 0.3) is 0 Å². The number of hydrogen-bond donors (Lipinski definition) is 4. The van der Waals surface area contributed by atoms with Gasteiger partial charge in [-0.25, -0.2) is 0 Å². The molecule has 0 heterocycles. The number of aliphatic hydroxyl groups excluding tert-OH is 1. The molecule has 2 aromatic carbocycles. The number of para-hydroxylation sites is 2. The lowest BCUT2D eigenvalue weighted by molar-refractivity contribution is -0.111. The zero-order valence-corrected chi connectivity index (χ0v) is 16.7. The minimum absolute atomic E-state index is 0.0587. The number of amides is 1. The van der Waals surface area contributed by atoms with Crippen molar-refractivity contribution in [2.24, 2.45) is 5.92 Å². The molecule has 138 valence electrons. The number of hydrogen-bond acceptors (Lipinski definition) is 4. The van der Waals surface area contributed by atoms with Gasteiger partial charge in [0.2, 0.25) is 5.91 Å². The van der Waals surface area contributed by atoms with E-state index in [1.54, 1.807) is 48.5 Å². The number of anilines is 2. The predicted molar refractivity (Wildman–Crippen MR) is 113 cm³/mol. The molecular formula is C20H23IN2O3. The number of phenolic OH excluding ortho intramolecular Hbond substituents is 1. The molecule has 0 aromatic heterocycles. The van der Waals surface area contributed by atoms with Crippen molar-refractivity contribution < 1.29 is 15.0 Å². The molecule has 2 rings (SSSR count). The molecule has 0 unspecified atom stereocenters. The summed E-state index contributed by atoms with van der Waals surface area (Å²) in [7, 11) is 0. The first-order chi connectivity index (χ1) is 12.4. The fraction of sp³-hybridized carbons (Fsp3) is 0.250. The predicted octanol–water partition coefficient (Wildman–Crippen LogP) is 4.22. The van der Waals surface area contributed by atoms with Gasteiger partial charge in [0.1, 0.15) is 5.75 Å². The molecule has 26 heavy (non-hydrogen) atoms. The fourth-order valence-electron chi connectivity index (χ4n) is 2.56. The number of nitrogens with one attached hydrogen (secondary N) is 1. The summed E-state index contributed by atoms with van der Waals surface area (Å²) in [5.41, 5.74) is 7.42. The van der Waals surface area contributed by atoms with Crippen LogP contribution in [0.3, 0.4) is 0 Å². The fourth-order valence-corrected chi connectivity index (χ4v) is 3.08. The number of carbonyl (C=O) groups excluding carboxylic acids is 1. The normalized spacial score (nSPS) is 13.5. The van der Waals surface area contributed by atoms with E-state index in [0.717, 1.165) is 3.57 Å². The highest BCUT2D eigenvalue weighted by Gasteiger charge is 2.19. The lowest BCUT2D eigenvalue weighted by atomic mass is 9.93. The van der Waals surface area contributed by atoms with Gasteiger partial charge in [-0.05, 0) is 77.8 Å². The Balaban J connectivity index is 1.84. The van der Waals surface area contributed by atoms with Gasteiger partial charge in [-0.15, -0.1) is 0 Å². The summed E-state index contributed by atoms with van der Waals surface area (Å²) in [5.74, 6) is -0.205. The molecular weight excluding hydrogens is 443 g/mol. The Labute approximate surface area is 167 Å². The molecule has 5 N–H and O–H groups in total. The number of rotatable bonds is 7. The molecule has 0 aliphatic carbocycles. The molecule has 0 radical (unpaired) electrons. The minimum atomic E-state index is -0.754. The monoisotopic (exact) mass is 466 g/mol. The van der Waals surface area contributed by atoms with Crippen LogP contribution in [0.5, 0.6) is 5.75 Å². The number of nitrogens with two attached hydrogens (primary N) is 1. The van der Waals surface area contributed by atoms with E-state index in [-0.39, 0.29) is 17.6 Å². The number of halogens is 1. The number of benzene rings is 2. The first kappa shape index (κ1) is 20.3. The second-order valence-corrected chi connectivity index (χ2v) is 7.43. The van der Waals surface area contributed by atoms with Crippen molar-refractivity contribution in [2.75, 3.05) is 11.1 Å². The second kappa shape index (κ2) is 9.59. The summed E-state index contributed by atoms with van der Waals surface area (Å²) in [6.45, 7) is 1.92. The van der Waals surface area contributed by atoms with E-state index in [9.17, 15) is 15.0 Å². The van der Waals surface area contributed by atoms with E-state index in [4.69, 9.17) is 5.73 Å². The van der Waals surface area contributed by atoms with Gasteiger partial charge < -0.3 is 21.3 Å². The molecule has 6 heteroatoms. The van der Waals surface area contributed by atoms with E-state index in [1.807, 2.05) is 6.92 Å². The Morgan fingerprint density at radius 1 is 1.31 bits per heavy atom. The van der Waals surface area contributed by atoms with E-state index >= 15 is 0 Å². The first-order valence-corrected chi connectivity index (χ1v) is 9.45. The van der Waals surface area contributed by atoms with E-state index in [1.165, 1.54) is 6.08 Å². The SMILES string of the molecule is C[C@H](CC/C=C/C(=O)Nc1ccccc1N)[C@H](O)c1cc(I)ccc1O. The highest BCUT2D eigenvalue weighted by atomic mass is 127. The molecule has 2 aromatic rings. The average molecular weight is 466 g/mol. The smallest absolute Gasteiger partial charge is 0.248 e. The summed E-state index contributed by atoms with van der Waals surface area (Å²) < 4.78 is 0.957. The van der Waals surface area contributed by atoms with Gasteiger partial charge in [0.15, 0.2) is 0 Å². The molecule has 0 aliphatic rings. The van der Waals surface area contributed by atoms with E-state index in [0.29, 0.717) is 29.8 Å². The summed E-state index contributed by atoms with van der Waals surface area (Å²) in [6.07, 6.45) is 3.81. The van der Waals surface area contributed by atoms with Gasteiger partial charge >= 0.3 is 0 Å². The Kier molecular flexibility index (Phi) is 7.47. The highest BCUT2D eigenvalue weighted by Crippen LogP contribution is 2.32. The van der Waals surface area contributed by atoms with Crippen molar-refractivity contribution in [3.05, 3.63) is 63.8 Å². The largest absolute Gasteiger partial charge is 0.508 e. The van der Waals surface area contributed by atoms with Crippen LogP contribution in [0.2, 0.25) is 0 Å². The van der Waals surface area contributed by atoms with Gasteiger partial charge in [0.25, 0.3) is 0 Å². The third-order valence-electron chi connectivity index (χ3n) is 4.12. The van der Waals surface area contributed by atoms with Crippen LogP contribution in [-0.2, 0) is 4.79 Å². The number of aliphatic hydroxyl groups is 1. The lowest BCUT2D eigenvalue weighted by Gasteiger charge is -2.19. The molecule has 0 saturated carbocycles. The third-order valence-corrected chi connectivity index (χ3v) is 4.79. The van der Waals surface area contributed by atoms with Crippen molar-refractivity contribution in [3.8, 4) is 5.75 Å². The topological polar surface area (TPSA) is 95.6 Å². The maximum atomic E-state index is 11.9. The quantitative estimate of drug-likeness (QED) is 0.279. The van der Waals surface area contributed by atoms with Crippen LogP contribution in [0.4, 0.5) is 11.4 Å². The summed E-state index contributed by atoms with van der Waals surface area (Å²) in [6, 6.07) is 12.2. The van der Waals surface area contributed by atoms with Gasteiger partial charge in [-0.2, -0.15) is 0 Å². The Bertz CT molecular complexity index is 792. The van der Waals surface area contributed by atoms with Gasteiger partial charge in [-0.3, -0.25) is 4.79 Å². The maximum absolute atomic E-state index is 11.9. The Morgan fingerprint density at radius 2 is 2.04 bits per heavy atom. The number of phenols is 1. The molecule has 2 atom stereocenters. The van der Waals surface area contributed by atoms with Crippen molar-refractivity contribution in [3.63, 3.8) is 0 Å². The maximum Gasteiger partial charge on any atom is 0.248 e. The van der Waals surface area contributed by atoms with E-state index in [2.05, 4.69) is 27.9 Å². The van der Waals surface area contributed by atoms with Crippen LogP contribution in [0.15, 0.2) is 54.6 Å². The first-order valence-electron chi connectivity index (χ1n) is 8.37. The van der Waals surface area contributed by atoms with Crippen molar-refractivity contribution in [1.82, 2.24) is 0 Å². The minimum Gasteiger partial charge on any atom is -0.508 e. The van der Waals surface area contributed by atoms with Crippen molar-refractivity contribution in [1.29, 1.82) is 0 Å². The Morgan fingerprint density at radius 3 is 2.77 bits per heavy atom. The van der Waals surface area contributed by atoms with Crippen molar-refractivity contribution >= 4 is 39.9 Å². The number of aromatic hydroxyl groups is 1. The summed E-state index contributed by atoms with van der Waals surface area (Å²) in [5, 5.41) is 23.1. The number of allylic oxidation sites excluding steroid dienone is 1. The highest BCUT2D eigenvalue weighted by molar-refractivity contribution is 14.1. The van der Waals surface area contributed by atoms with E-state index < -0.39 is 6.10 Å². The molecule has 1 amide bonds. The third kappa shape index (κ3) is 5.74. The Hall–Kier alpha value is -2.06. The molecule has 0 spiro atoms. The zero-order chi connectivity index (χ0) is 19.1.